The van der Waals surface area contributed by atoms with Crippen molar-refractivity contribution in [1.29, 1.82) is 0 Å². The number of hydrogen-bond acceptors (Lipinski definition) is 3. The number of aryl methyl sites for hydroxylation is 1. The SMILES string of the molecule is COc1ccc(S(=O)(=O)Nc2ccc(Br)c(C)c2)cc1Cl. The molecule has 0 aliphatic rings. The Balaban J connectivity index is 2.33. The van der Waals surface area contributed by atoms with Gasteiger partial charge in [0.05, 0.1) is 17.0 Å². The molecule has 0 heterocycles. The van der Waals surface area contributed by atoms with E-state index in [-0.39, 0.29) is 9.92 Å². The summed E-state index contributed by atoms with van der Waals surface area (Å²) in [5, 5.41) is 0.243. The minimum atomic E-state index is -3.70. The van der Waals surface area contributed by atoms with Gasteiger partial charge in [0.25, 0.3) is 10.0 Å². The van der Waals surface area contributed by atoms with Gasteiger partial charge in [-0.25, -0.2) is 8.42 Å². The van der Waals surface area contributed by atoms with Gasteiger partial charge in [-0.15, -0.1) is 0 Å². The smallest absolute Gasteiger partial charge is 0.261 e. The molecule has 0 atom stereocenters. The van der Waals surface area contributed by atoms with Gasteiger partial charge in [-0.3, -0.25) is 4.72 Å². The van der Waals surface area contributed by atoms with Gasteiger partial charge < -0.3 is 4.74 Å². The van der Waals surface area contributed by atoms with Crippen molar-refractivity contribution in [3.63, 3.8) is 0 Å². The van der Waals surface area contributed by atoms with Crippen LogP contribution in [0, 0.1) is 6.92 Å². The van der Waals surface area contributed by atoms with E-state index in [1.807, 2.05) is 6.92 Å². The number of anilines is 1. The lowest BCUT2D eigenvalue weighted by Crippen LogP contribution is -2.13. The first kappa shape index (κ1) is 16.1. The lowest BCUT2D eigenvalue weighted by Gasteiger charge is -2.11. The molecule has 2 rings (SSSR count). The van der Waals surface area contributed by atoms with Crippen molar-refractivity contribution in [1.82, 2.24) is 0 Å². The highest BCUT2D eigenvalue weighted by Crippen LogP contribution is 2.28. The summed E-state index contributed by atoms with van der Waals surface area (Å²) in [6, 6.07) is 9.53. The predicted molar refractivity (Wildman–Crippen MR) is 87.7 cm³/mol. The van der Waals surface area contributed by atoms with Gasteiger partial charge in [0, 0.05) is 10.2 Å². The van der Waals surface area contributed by atoms with Crippen molar-refractivity contribution in [2.75, 3.05) is 11.8 Å². The maximum Gasteiger partial charge on any atom is 0.261 e. The van der Waals surface area contributed by atoms with Gasteiger partial charge in [0.1, 0.15) is 5.75 Å². The molecule has 21 heavy (non-hydrogen) atoms. The molecule has 0 fully saturated rings. The largest absolute Gasteiger partial charge is 0.495 e. The summed E-state index contributed by atoms with van der Waals surface area (Å²) in [6.07, 6.45) is 0. The van der Waals surface area contributed by atoms with Crippen LogP contribution in [-0.4, -0.2) is 15.5 Å². The van der Waals surface area contributed by atoms with E-state index in [1.54, 1.807) is 18.2 Å². The Labute approximate surface area is 137 Å². The standard InChI is InChI=1S/C14H13BrClNO3S/c1-9-7-10(3-5-12(9)15)17-21(18,19)11-4-6-14(20-2)13(16)8-11/h3-8,17H,1-2H3. The van der Waals surface area contributed by atoms with Gasteiger partial charge >= 0.3 is 0 Å². The van der Waals surface area contributed by atoms with Crippen molar-refractivity contribution in [2.45, 2.75) is 11.8 Å². The van der Waals surface area contributed by atoms with Crippen molar-refractivity contribution < 1.29 is 13.2 Å². The number of methoxy groups -OCH3 is 1. The van der Waals surface area contributed by atoms with Gasteiger partial charge in [-0.1, -0.05) is 27.5 Å². The summed E-state index contributed by atoms with van der Waals surface area (Å²) in [5.41, 5.74) is 1.42. The van der Waals surface area contributed by atoms with Crippen molar-refractivity contribution in [2.24, 2.45) is 0 Å². The van der Waals surface area contributed by atoms with E-state index in [2.05, 4.69) is 20.7 Å². The van der Waals surface area contributed by atoms with Crippen LogP contribution in [0.5, 0.6) is 5.75 Å². The number of halogens is 2. The number of hydrogen-bond donors (Lipinski definition) is 1. The Bertz CT molecular complexity index is 778. The van der Waals surface area contributed by atoms with E-state index in [0.29, 0.717) is 11.4 Å². The van der Waals surface area contributed by atoms with E-state index < -0.39 is 10.0 Å². The van der Waals surface area contributed by atoms with Crippen molar-refractivity contribution >= 4 is 43.2 Å². The first-order valence-electron chi connectivity index (χ1n) is 5.96. The molecule has 0 aromatic heterocycles. The third kappa shape index (κ3) is 3.70. The zero-order valence-corrected chi connectivity index (χ0v) is 14.5. The van der Waals surface area contributed by atoms with Crippen LogP contribution in [0.4, 0.5) is 5.69 Å². The van der Waals surface area contributed by atoms with Crippen LogP contribution in [0.1, 0.15) is 5.56 Å². The Morgan fingerprint density at radius 3 is 2.48 bits per heavy atom. The van der Waals surface area contributed by atoms with Gasteiger partial charge in [-0.05, 0) is 48.9 Å². The minimum Gasteiger partial charge on any atom is -0.495 e. The van der Waals surface area contributed by atoms with E-state index in [0.717, 1.165) is 10.0 Å². The first-order chi connectivity index (χ1) is 9.83. The molecule has 4 nitrogen and oxygen atoms in total. The Morgan fingerprint density at radius 1 is 1.19 bits per heavy atom. The zero-order chi connectivity index (χ0) is 15.6. The molecule has 1 N–H and O–H groups in total. The second kappa shape index (κ2) is 6.25. The molecule has 112 valence electrons. The zero-order valence-electron chi connectivity index (χ0n) is 11.4. The van der Waals surface area contributed by atoms with Gasteiger partial charge in [0.15, 0.2) is 0 Å². The Morgan fingerprint density at radius 2 is 1.90 bits per heavy atom. The fourth-order valence-corrected chi connectivity index (χ4v) is 3.38. The third-order valence-electron chi connectivity index (χ3n) is 2.84. The number of rotatable bonds is 4. The highest BCUT2D eigenvalue weighted by atomic mass is 79.9. The number of ether oxygens (including phenoxy) is 1. The van der Waals surface area contributed by atoms with E-state index >= 15 is 0 Å². The monoisotopic (exact) mass is 389 g/mol. The normalized spacial score (nSPS) is 11.2. The predicted octanol–water partition coefficient (Wildman–Crippen LogP) is 4.22. The highest BCUT2D eigenvalue weighted by Gasteiger charge is 2.16. The Hall–Kier alpha value is -1.24. The molecule has 7 heteroatoms. The number of sulfonamides is 1. The summed E-state index contributed by atoms with van der Waals surface area (Å²) in [6.45, 7) is 1.88. The molecule has 2 aromatic rings. The van der Waals surface area contributed by atoms with Crippen LogP contribution in [-0.2, 0) is 10.0 Å². The summed E-state index contributed by atoms with van der Waals surface area (Å²) in [5.74, 6) is 0.426. The second-order valence-corrected chi connectivity index (χ2v) is 7.31. The van der Waals surface area contributed by atoms with Crippen LogP contribution in [0.3, 0.4) is 0 Å². The average Bonchev–Trinajstić information content (AvgIpc) is 2.42. The van der Waals surface area contributed by atoms with E-state index in [9.17, 15) is 8.42 Å². The van der Waals surface area contributed by atoms with E-state index in [4.69, 9.17) is 16.3 Å². The van der Waals surface area contributed by atoms with Crippen molar-refractivity contribution in [3.05, 3.63) is 51.5 Å². The molecule has 0 saturated heterocycles. The first-order valence-corrected chi connectivity index (χ1v) is 8.61. The molecule has 0 spiro atoms. The molecule has 0 radical (unpaired) electrons. The maximum atomic E-state index is 12.3. The Kier molecular flexibility index (Phi) is 4.81. The summed E-state index contributed by atoms with van der Waals surface area (Å²) >= 11 is 9.33. The number of benzene rings is 2. The maximum absolute atomic E-state index is 12.3. The fraction of sp³-hybridized carbons (Fsp3) is 0.143. The van der Waals surface area contributed by atoms with Crippen LogP contribution < -0.4 is 9.46 Å². The molecular formula is C14H13BrClNO3S. The summed E-state index contributed by atoms with van der Waals surface area (Å²) in [4.78, 5) is 0.0777. The molecule has 0 unspecified atom stereocenters. The average molecular weight is 391 g/mol. The quantitative estimate of drug-likeness (QED) is 0.850. The van der Waals surface area contributed by atoms with Gasteiger partial charge in [-0.2, -0.15) is 0 Å². The van der Waals surface area contributed by atoms with E-state index in [1.165, 1.54) is 25.3 Å². The molecule has 0 aliphatic heterocycles. The highest BCUT2D eigenvalue weighted by molar-refractivity contribution is 9.10. The fourth-order valence-electron chi connectivity index (χ4n) is 1.74. The van der Waals surface area contributed by atoms with Crippen LogP contribution in [0.15, 0.2) is 45.8 Å². The minimum absolute atomic E-state index is 0.0777. The van der Waals surface area contributed by atoms with Crippen molar-refractivity contribution in [3.8, 4) is 5.75 Å². The molecule has 0 bridgehead atoms. The van der Waals surface area contributed by atoms with Crippen LogP contribution in [0.25, 0.3) is 0 Å². The third-order valence-corrected chi connectivity index (χ3v) is 5.41. The molecule has 0 aliphatic carbocycles. The van der Waals surface area contributed by atoms with Crippen LogP contribution >= 0.6 is 27.5 Å². The summed E-state index contributed by atoms with van der Waals surface area (Å²) < 4.78 is 33.1. The van der Waals surface area contributed by atoms with Crippen LogP contribution in [0.2, 0.25) is 5.02 Å². The molecule has 0 saturated carbocycles. The lowest BCUT2D eigenvalue weighted by molar-refractivity contribution is 0.414. The second-order valence-electron chi connectivity index (χ2n) is 4.37. The molecule has 2 aromatic carbocycles. The molecule has 0 amide bonds. The molecular weight excluding hydrogens is 378 g/mol. The summed E-state index contributed by atoms with van der Waals surface area (Å²) in [7, 11) is -2.23. The lowest BCUT2D eigenvalue weighted by atomic mass is 10.2. The number of nitrogens with one attached hydrogen (secondary N) is 1. The topological polar surface area (TPSA) is 55.4 Å². The van der Waals surface area contributed by atoms with Gasteiger partial charge in [0.2, 0.25) is 0 Å².